The molecule has 136 valence electrons. The predicted molar refractivity (Wildman–Crippen MR) is 105 cm³/mol. The molecule has 0 fully saturated rings. The maximum atomic E-state index is 13.1. The van der Waals surface area contributed by atoms with Crippen LogP contribution in [-0.2, 0) is 6.54 Å². The fourth-order valence-electron chi connectivity index (χ4n) is 2.98. The van der Waals surface area contributed by atoms with Gasteiger partial charge in [-0.3, -0.25) is 0 Å². The summed E-state index contributed by atoms with van der Waals surface area (Å²) in [4.78, 5) is 7.76. The van der Waals surface area contributed by atoms with E-state index in [-0.39, 0.29) is 5.82 Å². The number of H-pyrrole nitrogens is 1. The number of benzene rings is 2. The van der Waals surface area contributed by atoms with Gasteiger partial charge >= 0.3 is 0 Å². The zero-order chi connectivity index (χ0) is 18.2. The van der Waals surface area contributed by atoms with Crippen LogP contribution >= 0.6 is 0 Å². The second-order valence-electron chi connectivity index (χ2n) is 6.59. The zero-order valence-electron chi connectivity index (χ0n) is 15.3. The van der Waals surface area contributed by atoms with Gasteiger partial charge in [0.25, 0.3) is 0 Å². The quantitative estimate of drug-likeness (QED) is 0.496. The van der Waals surface area contributed by atoms with Gasteiger partial charge in [-0.15, -0.1) is 0 Å². The first-order valence-electron chi connectivity index (χ1n) is 9.37. The van der Waals surface area contributed by atoms with E-state index in [1.54, 1.807) is 12.1 Å². The van der Waals surface area contributed by atoms with E-state index < -0.39 is 0 Å². The van der Waals surface area contributed by atoms with Crippen molar-refractivity contribution in [2.75, 3.05) is 6.54 Å². The monoisotopic (exact) mass is 351 g/mol. The molecule has 0 bridgehead atoms. The van der Waals surface area contributed by atoms with Crippen molar-refractivity contribution in [1.29, 1.82) is 0 Å². The molecule has 0 spiro atoms. The second kappa shape index (κ2) is 9.30. The van der Waals surface area contributed by atoms with E-state index in [1.807, 2.05) is 6.20 Å². The highest BCUT2D eigenvalue weighted by atomic mass is 19.1. The molecule has 0 aliphatic heterocycles. The molecule has 0 aliphatic carbocycles. The minimum Gasteiger partial charge on any atom is -0.338 e. The Bertz CT molecular complexity index is 808. The van der Waals surface area contributed by atoms with Gasteiger partial charge in [-0.2, -0.15) is 0 Å². The summed E-state index contributed by atoms with van der Waals surface area (Å²) in [6, 6.07) is 14.8. The van der Waals surface area contributed by atoms with Crippen LogP contribution in [0.5, 0.6) is 0 Å². The molecule has 1 heterocycles. The Labute approximate surface area is 154 Å². The first kappa shape index (κ1) is 18.3. The highest BCUT2D eigenvalue weighted by molar-refractivity contribution is 5.64. The van der Waals surface area contributed by atoms with Crippen molar-refractivity contribution in [2.45, 2.75) is 39.2 Å². The molecular formula is C22H26FN3. The summed E-state index contributed by atoms with van der Waals surface area (Å²) in [7, 11) is 0. The second-order valence-corrected chi connectivity index (χ2v) is 6.59. The predicted octanol–water partition coefficient (Wildman–Crippen LogP) is 5.55. The van der Waals surface area contributed by atoms with Crippen molar-refractivity contribution in [1.82, 2.24) is 15.3 Å². The van der Waals surface area contributed by atoms with Gasteiger partial charge in [0.15, 0.2) is 0 Å². The van der Waals surface area contributed by atoms with Gasteiger partial charge in [0, 0.05) is 12.1 Å². The van der Waals surface area contributed by atoms with Gasteiger partial charge in [0.05, 0.1) is 11.9 Å². The van der Waals surface area contributed by atoms with Crippen molar-refractivity contribution in [3.05, 3.63) is 66.1 Å². The average molecular weight is 351 g/mol. The van der Waals surface area contributed by atoms with Crippen molar-refractivity contribution < 1.29 is 4.39 Å². The lowest BCUT2D eigenvalue weighted by molar-refractivity contribution is 0.598. The lowest BCUT2D eigenvalue weighted by Crippen LogP contribution is -2.14. The zero-order valence-corrected chi connectivity index (χ0v) is 15.3. The van der Waals surface area contributed by atoms with E-state index in [9.17, 15) is 4.39 Å². The minimum absolute atomic E-state index is 0.240. The van der Waals surface area contributed by atoms with Crippen molar-refractivity contribution >= 4 is 0 Å². The smallest absolute Gasteiger partial charge is 0.137 e. The average Bonchev–Trinajstić information content (AvgIpc) is 3.16. The number of unbranched alkanes of at least 4 members (excludes halogenated alkanes) is 3. The Morgan fingerprint density at radius 3 is 2.65 bits per heavy atom. The summed E-state index contributed by atoms with van der Waals surface area (Å²) < 4.78 is 13.1. The number of nitrogens with zero attached hydrogens (tertiary/aromatic N) is 1. The third-order valence-corrected chi connectivity index (χ3v) is 4.47. The minimum atomic E-state index is -0.240. The van der Waals surface area contributed by atoms with Crippen LogP contribution in [0.25, 0.3) is 22.6 Å². The number of hydrogen-bond acceptors (Lipinski definition) is 2. The topological polar surface area (TPSA) is 40.7 Å². The van der Waals surface area contributed by atoms with Crippen LogP contribution in [-0.4, -0.2) is 16.5 Å². The lowest BCUT2D eigenvalue weighted by Gasteiger charge is -2.06. The van der Waals surface area contributed by atoms with E-state index in [0.717, 1.165) is 35.7 Å². The van der Waals surface area contributed by atoms with Crippen LogP contribution in [0.4, 0.5) is 4.39 Å². The van der Waals surface area contributed by atoms with E-state index in [4.69, 9.17) is 0 Å². The molecule has 3 aromatic rings. The van der Waals surface area contributed by atoms with Crippen LogP contribution < -0.4 is 5.32 Å². The van der Waals surface area contributed by atoms with Gasteiger partial charge in [-0.25, -0.2) is 9.37 Å². The number of aromatic nitrogens is 2. The van der Waals surface area contributed by atoms with Gasteiger partial charge in [-0.05, 0) is 54.4 Å². The van der Waals surface area contributed by atoms with Crippen LogP contribution in [0.3, 0.4) is 0 Å². The molecule has 0 atom stereocenters. The Morgan fingerprint density at radius 2 is 1.85 bits per heavy atom. The molecule has 3 rings (SSSR count). The van der Waals surface area contributed by atoms with Crippen molar-refractivity contribution in [3.8, 4) is 22.6 Å². The SMILES string of the molecule is CCCCCCNCc1cccc(-c2cnc(-c3ccc(F)cc3)[nH]2)c1. The van der Waals surface area contributed by atoms with E-state index >= 15 is 0 Å². The molecule has 0 saturated carbocycles. The molecular weight excluding hydrogens is 325 g/mol. The van der Waals surface area contributed by atoms with E-state index in [0.29, 0.717) is 0 Å². The fraction of sp³-hybridized carbons (Fsp3) is 0.318. The maximum Gasteiger partial charge on any atom is 0.137 e. The Hall–Kier alpha value is -2.46. The maximum absolute atomic E-state index is 13.1. The summed E-state index contributed by atoms with van der Waals surface area (Å²) in [5, 5.41) is 3.51. The molecule has 0 saturated heterocycles. The normalized spacial score (nSPS) is 11.0. The van der Waals surface area contributed by atoms with E-state index in [2.05, 4.69) is 46.5 Å². The number of imidazole rings is 1. The lowest BCUT2D eigenvalue weighted by atomic mass is 10.1. The molecule has 0 amide bonds. The third-order valence-electron chi connectivity index (χ3n) is 4.47. The van der Waals surface area contributed by atoms with Crippen molar-refractivity contribution in [2.24, 2.45) is 0 Å². The summed E-state index contributed by atoms with van der Waals surface area (Å²) in [6.07, 6.45) is 6.94. The van der Waals surface area contributed by atoms with Gasteiger partial charge in [0.1, 0.15) is 11.6 Å². The molecule has 0 aliphatic rings. The molecule has 0 unspecified atom stereocenters. The summed E-state index contributed by atoms with van der Waals surface area (Å²) in [6.45, 7) is 4.16. The highest BCUT2D eigenvalue weighted by Gasteiger charge is 2.06. The van der Waals surface area contributed by atoms with Crippen LogP contribution in [0.1, 0.15) is 38.2 Å². The van der Waals surface area contributed by atoms with Crippen LogP contribution in [0, 0.1) is 5.82 Å². The van der Waals surface area contributed by atoms with E-state index in [1.165, 1.54) is 43.4 Å². The number of hydrogen-bond donors (Lipinski definition) is 2. The van der Waals surface area contributed by atoms with Crippen LogP contribution in [0.2, 0.25) is 0 Å². The number of halogens is 1. The van der Waals surface area contributed by atoms with Gasteiger partial charge in [-0.1, -0.05) is 44.4 Å². The molecule has 0 radical (unpaired) electrons. The molecule has 2 N–H and O–H groups in total. The molecule has 4 heteroatoms. The summed E-state index contributed by atoms with van der Waals surface area (Å²) >= 11 is 0. The van der Waals surface area contributed by atoms with Gasteiger partial charge < -0.3 is 10.3 Å². The third kappa shape index (κ3) is 5.02. The Balaban J connectivity index is 1.62. The number of nitrogens with one attached hydrogen (secondary N) is 2. The first-order chi connectivity index (χ1) is 12.8. The largest absolute Gasteiger partial charge is 0.338 e. The Kier molecular flexibility index (Phi) is 6.56. The Morgan fingerprint density at radius 1 is 1.00 bits per heavy atom. The van der Waals surface area contributed by atoms with Gasteiger partial charge in [0.2, 0.25) is 0 Å². The molecule has 1 aromatic heterocycles. The molecule has 3 nitrogen and oxygen atoms in total. The highest BCUT2D eigenvalue weighted by Crippen LogP contribution is 2.23. The summed E-state index contributed by atoms with van der Waals surface area (Å²) in [5.41, 5.74) is 4.21. The van der Waals surface area contributed by atoms with Crippen molar-refractivity contribution in [3.63, 3.8) is 0 Å². The number of aromatic amines is 1. The standard InChI is InChI=1S/C22H26FN3/c1-2-3-4-5-13-24-15-17-7-6-8-19(14-17)21-16-25-22(26-21)18-9-11-20(23)12-10-18/h6-12,14,16,24H,2-5,13,15H2,1H3,(H,25,26). The van der Waals surface area contributed by atoms with Crippen LogP contribution in [0.15, 0.2) is 54.7 Å². The number of rotatable bonds is 9. The fourth-order valence-corrected chi connectivity index (χ4v) is 2.98. The molecule has 2 aromatic carbocycles. The summed E-state index contributed by atoms with van der Waals surface area (Å²) in [5.74, 6) is 0.509. The molecule has 26 heavy (non-hydrogen) atoms. The first-order valence-corrected chi connectivity index (χ1v) is 9.37.